The van der Waals surface area contributed by atoms with Crippen LogP contribution in [-0.4, -0.2) is 35.7 Å². The van der Waals surface area contributed by atoms with Crippen LogP contribution >= 0.6 is 11.6 Å². The highest BCUT2D eigenvalue weighted by Crippen LogP contribution is 2.36. The molecule has 27 heavy (non-hydrogen) atoms. The number of esters is 1. The van der Waals surface area contributed by atoms with Crippen molar-refractivity contribution in [2.45, 2.75) is 26.7 Å². The number of nitro groups is 1. The molecule has 0 unspecified atom stereocenters. The zero-order valence-corrected chi connectivity index (χ0v) is 15.8. The molecule has 1 aliphatic rings. The van der Waals surface area contributed by atoms with Gasteiger partial charge in [-0.05, 0) is 36.6 Å². The standard InChI is InChI=1S/C18H21ClN2O6/c1-10-6-16(22)13(14(10)8-21(25)26)7-18(24)27-9-17(23)20-15-4-3-12(19)5-11(15)2/h3-5,10,13-14H,6-9H2,1-2H3,(H,20,23)/t10-,13+,14-/m1/s1. The lowest BCUT2D eigenvalue weighted by Crippen LogP contribution is -2.28. The Morgan fingerprint density at radius 2 is 2.11 bits per heavy atom. The van der Waals surface area contributed by atoms with Crippen LogP contribution in [0.4, 0.5) is 5.69 Å². The molecule has 1 aromatic carbocycles. The van der Waals surface area contributed by atoms with E-state index < -0.39 is 35.2 Å². The third kappa shape index (κ3) is 5.75. The molecule has 1 N–H and O–H groups in total. The average molecular weight is 397 g/mol. The van der Waals surface area contributed by atoms with Crippen molar-refractivity contribution in [3.05, 3.63) is 38.9 Å². The monoisotopic (exact) mass is 396 g/mol. The van der Waals surface area contributed by atoms with Crippen LogP contribution in [0.1, 0.15) is 25.3 Å². The maximum Gasteiger partial charge on any atom is 0.307 e. The van der Waals surface area contributed by atoms with Crippen molar-refractivity contribution in [2.75, 3.05) is 18.5 Å². The Kier molecular flexibility index (Phi) is 6.90. The van der Waals surface area contributed by atoms with Gasteiger partial charge in [0.25, 0.3) is 5.91 Å². The molecule has 2 rings (SSSR count). The summed E-state index contributed by atoms with van der Waals surface area (Å²) in [6.07, 6.45) is -0.0400. The highest BCUT2D eigenvalue weighted by atomic mass is 35.5. The average Bonchev–Trinajstić information content (AvgIpc) is 2.82. The first kappa shape index (κ1) is 20.8. The second-order valence-corrected chi connectivity index (χ2v) is 7.24. The minimum absolute atomic E-state index is 0.156. The number of amides is 1. The van der Waals surface area contributed by atoms with Crippen LogP contribution < -0.4 is 5.32 Å². The fraction of sp³-hybridized carbons (Fsp3) is 0.500. The molecule has 0 saturated heterocycles. The van der Waals surface area contributed by atoms with Gasteiger partial charge in [-0.1, -0.05) is 18.5 Å². The second-order valence-electron chi connectivity index (χ2n) is 6.81. The second kappa shape index (κ2) is 8.94. The number of aryl methyl sites for hydroxylation is 1. The Morgan fingerprint density at radius 3 is 2.74 bits per heavy atom. The largest absolute Gasteiger partial charge is 0.456 e. The number of halogens is 1. The first-order valence-corrected chi connectivity index (χ1v) is 8.91. The number of nitrogens with one attached hydrogen (secondary N) is 1. The number of anilines is 1. The van der Waals surface area contributed by atoms with E-state index in [9.17, 15) is 24.5 Å². The van der Waals surface area contributed by atoms with Gasteiger partial charge in [-0.3, -0.25) is 24.5 Å². The van der Waals surface area contributed by atoms with E-state index in [0.29, 0.717) is 10.7 Å². The van der Waals surface area contributed by atoms with Crippen molar-refractivity contribution in [1.82, 2.24) is 0 Å². The van der Waals surface area contributed by atoms with E-state index >= 15 is 0 Å². The zero-order chi connectivity index (χ0) is 20.1. The molecule has 1 aliphatic carbocycles. The van der Waals surface area contributed by atoms with Gasteiger partial charge in [-0.15, -0.1) is 0 Å². The van der Waals surface area contributed by atoms with E-state index in [1.165, 1.54) is 0 Å². The van der Waals surface area contributed by atoms with Gasteiger partial charge >= 0.3 is 5.97 Å². The fourth-order valence-corrected chi connectivity index (χ4v) is 3.56. The van der Waals surface area contributed by atoms with E-state index in [1.54, 1.807) is 32.0 Å². The van der Waals surface area contributed by atoms with E-state index in [-0.39, 0.29) is 31.1 Å². The Balaban J connectivity index is 1.86. The lowest BCUT2D eigenvalue weighted by molar-refractivity contribution is -0.490. The van der Waals surface area contributed by atoms with Crippen LogP contribution in [-0.2, 0) is 19.1 Å². The van der Waals surface area contributed by atoms with Crippen LogP contribution in [0.5, 0.6) is 0 Å². The predicted molar refractivity (Wildman–Crippen MR) is 98.0 cm³/mol. The van der Waals surface area contributed by atoms with Crippen LogP contribution in [0.25, 0.3) is 0 Å². The van der Waals surface area contributed by atoms with Crippen LogP contribution in [0.2, 0.25) is 5.02 Å². The molecule has 1 fully saturated rings. The minimum Gasteiger partial charge on any atom is -0.456 e. The molecule has 1 amide bonds. The maximum atomic E-state index is 12.0. The van der Waals surface area contributed by atoms with E-state index in [2.05, 4.69) is 5.32 Å². The molecule has 9 heteroatoms. The topological polar surface area (TPSA) is 116 Å². The lowest BCUT2D eigenvalue weighted by atomic mass is 9.88. The van der Waals surface area contributed by atoms with Crippen LogP contribution in [0.3, 0.4) is 0 Å². The number of nitrogens with zero attached hydrogens (tertiary/aromatic N) is 1. The molecule has 0 radical (unpaired) electrons. The van der Waals surface area contributed by atoms with Crippen molar-refractivity contribution in [3.8, 4) is 0 Å². The van der Waals surface area contributed by atoms with Gasteiger partial charge in [0.1, 0.15) is 5.78 Å². The zero-order valence-electron chi connectivity index (χ0n) is 15.1. The van der Waals surface area contributed by atoms with E-state index in [4.69, 9.17) is 16.3 Å². The number of hydrogen-bond acceptors (Lipinski definition) is 6. The molecule has 1 saturated carbocycles. The fourth-order valence-electron chi connectivity index (χ4n) is 3.34. The van der Waals surface area contributed by atoms with Gasteiger partial charge in [0.15, 0.2) is 6.61 Å². The number of rotatable bonds is 7. The highest BCUT2D eigenvalue weighted by molar-refractivity contribution is 6.30. The quantitative estimate of drug-likeness (QED) is 0.430. The lowest BCUT2D eigenvalue weighted by Gasteiger charge is -2.17. The van der Waals surface area contributed by atoms with Crippen molar-refractivity contribution in [2.24, 2.45) is 17.8 Å². The summed E-state index contributed by atoms with van der Waals surface area (Å²) in [5.74, 6) is -2.81. The Labute approximate surface area is 161 Å². The van der Waals surface area contributed by atoms with E-state index in [1.807, 2.05) is 0 Å². The number of benzene rings is 1. The summed E-state index contributed by atoms with van der Waals surface area (Å²) < 4.78 is 4.94. The van der Waals surface area contributed by atoms with Crippen LogP contribution in [0.15, 0.2) is 18.2 Å². The molecule has 0 heterocycles. The van der Waals surface area contributed by atoms with Crippen molar-refractivity contribution in [3.63, 3.8) is 0 Å². The Morgan fingerprint density at radius 1 is 1.41 bits per heavy atom. The number of carbonyl (C=O) groups excluding carboxylic acids is 3. The highest BCUT2D eigenvalue weighted by Gasteiger charge is 2.44. The summed E-state index contributed by atoms with van der Waals surface area (Å²) in [5, 5.41) is 13.9. The number of ether oxygens (including phenoxy) is 1. The Hall–Kier alpha value is -2.48. The maximum absolute atomic E-state index is 12.0. The first-order chi connectivity index (χ1) is 12.7. The summed E-state index contributed by atoms with van der Waals surface area (Å²) in [5.41, 5.74) is 1.31. The molecule has 0 bridgehead atoms. The predicted octanol–water partition coefficient (Wildman–Crippen LogP) is 2.64. The van der Waals surface area contributed by atoms with Gasteiger partial charge in [0.2, 0.25) is 6.54 Å². The third-order valence-corrected chi connectivity index (χ3v) is 4.99. The molecule has 146 valence electrons. The molecule has 1 aromatic rings. The molecular formula is C18H21ClN2O6. The smallest absolute Gasteiger partial charge is 0.307 e. The molecule has 0 spiro atoms. The van der Waals surface area contributed by atoms with E-state index in [0.717, 1.165) is 5.56 Å². The van der Waals surface area contributed by atoms with Gasteiger partial charge in [-0.2, -0.15) is 0 Å². The first-order valence-electron chi connectivity index (χ1n) is 8.53. The summed E-state index contributed by atoms with van der Waals surface area (Å²) in [6, 6.07) is 4.95. The SMILES string of the molecule is Cc1cc(Cl)ccc1NC(=O)COC(=O)C[C@@H]1C(=O)C[C@@H](C)[C@H]1C[N+](=O)[O-]. The summed E-state index contributed by atoms with van der Waals surface area (Å²) in [4.78, 5) is 46.3. The summed E-state index contributed by atoms with van der Waals surface area (Å²) >= 11 is 5.85. The molecule has 8 nitrogen and oxygen atoms in total. The molecule has 0 aromatic heterocycles. The summed E-state index contributed by atoms with van der Waals surface area (Å²) in [6.45, 7) is 2.67. The van der Waals surface area contributed by atoms with Gasteiger partial charge < -0.3 is 10.1 Å². The minimum atomic E-state index is -0.737. The van der Waals surface area contributed by atoms with Crippen LogP contribution in [0, 0.1) is 34.8 Å². The molecule has 0 aliphatic heterocycles. The number of Topliss-reactive ketones (excluding diaryl/α,β-unsaturated/α-hetero) is 1. The van der Waals surface area contributed by atoms with Crippen molar-refractivity contribution in [1.29, 1.82) is 0 Å². The van der Waals surface area contributed by atoms with Gasteiger partial charge in [0.05, 0.1) is 6.42 Å². The van der Waals surface area contributed by atoms with Crippen molar-refractivity contribution >= 4 is 34.9 Å². The third-order valence-electron chi connectivity index (χ3n) is 4.76. The van der Waals surface area contributed by atoms with Gasteiger partial charge in [0, 0.05) is 33.9 Å². The number of carbonyl (C=O) groups is 3. The molecular weight excluding hydrogens is 376 g/mol. The Bertz CT molecular complexity index is 766. The molecule has 3 atom stereocenters. The van der Waals surface area contributed by atoms with Gasteiger partial charge in [-0.25, -0.2) is 0 Å². The normalized spacial score (nSPS) is 21.7. The number of hydrogen-bond donors (Lipinski definition) is 1. The summed E-state index contributed by atoms with van der Waals surface area (Å²) in [7, 11) is 0. The number of ketones is 1. The van der Waals surface area contributed by atoms with Crippen molar-refractivity contribution < 1.29 is 24.0 Å².